The maximum atomic E-state index is 4.28. The molecule has 3 heterocycles. The van der Waals surface area contributed by atoms with Crippen molar-refractivity contribution in [2.24, 2.45) is 0 Å². The molecular formula is C10H15N7. The monoisotopic (exact) mass is 233 g/mol. The third-order valence-electron chi connectivity index (χ3n) is 3.06. The van der Waals surface area contributed by atoms with Gasteiger partial charge in [0.1, 0.15) is 6.33 Å². The number of H-pyrrole nitrogens is 1. The molecular weight excluding hydrogens is 218 g/mol. The predicted molar refractivity (Wildman–Crippen MR) is 62.5 cm³/mol. The van der Waals surface area contributed by atoms with E-state index >= 15 is 0 Å². The van der Waals surface area contributed by atoms with E-state index in [9.17, 15) is 0 Å². The minimum Gasteiger partial charge on any atom is -0.341 e. The highest BCUT2D eigenvalue weighted by Crippen LogP contribution is 2.22. The van der Waals surface area contributed by atoms with Crippen molar-refractivity contribution in [2.45, 2.75) is 26.3 Å². The smallest absolute Gasteiger partial charge is 0.227 e. The quantitative estimate of drug-likeness (QED) is 0.843. The Kier molecular flexibility index (Phi) is 2.50. The van der Waals surface area contributed by atoms with Crippen molar-refractivity contribution in [1.82, 2.24) is 29.9 Å². The van der Waals surface area contributed by atoms with E-state index in [2.05, 4.69) is 41.8 Å². The van der Waals surface area contributed by atoms with E-state index in [-0.39, 0.29) is 0 Å². The van der Waals surface area contributed by atoms with Crippen LogP contribution < -0.4 is 4.90 Å². The lowest BCUT2D eigenvalue weighted by Crippen LogP contribution is -2.22. The number of aromatic amines is 1. The number of rotatable bonds is 3. The van der Waals surface area contributed by atoms with Crippen LogP contribution in [0.25, 0.3) is 11.6 Å². The summed E-state index contributed by atoms with van der Waals surface area (Å²) in [6.45, 7) is 5.04. The lowest BCUT2D eigenvalue weighted by molar-refractivity contribution is 0.733. The molecule has 3 rings (SSSR count). The average molecular weight is 233 g/mol. The Morgan fingerprint density at radius 1 is 1.29 bits per heavy atom. The van der Waals surface area contributed by atoms with E-state index < -0.39 is 0 Å². The second kappa shape index (κ2) is 4.15. The van der Waals surface area contributed by atoms with Crippen LogP contribution in [0, 0.1) is 0 Å². The fraction of sp³-hybridized carbons (Fsp3) is 0.600. The number of hydrogen-bond donors (Lipinski definition) is 1. The molecule has 0 aromatic carbocycles. The van der Waals surface area contributed by atoms with Crippen LogP contribution in [-0.2, 0) is 6.54 Å². The summed E-state index contributed by atoms with van der Waals surface area (Å²) in [6.07, 6.45) is 3.95. The summed E-state index contributed by atoms with van der Waals surface area (Å²) in [5, 5.41) is 15.2. The van der Waals surface area contributed by atoms with Gasteiger partial charge in [0, 0.05) is 19.6 Å². The van der Waals surface area contributed by atoms with Crippen LogP contribution in [-0.4, -0.2) is 43.0 Å². The van der Waals surface area contributed by atoms with Crippen molar-refractivity contribution in [2.75, 3.05) is 18.0 Å². The summed E-state index contributed by atoms with van der Waals surface area (Å²) in [6, 6.07) is 0. The minimum absolute atomic E-state index is 0.671. The molecule has 7 heteroatoms. The third kappa shape index (κ3) is 1.67. The number of hydrogen-bond acceptors (Lipinski definition) is 5. The molecule has 1 aliphatic heterocycles. The van der Waals surface area contributed by atoms with Gasteiger partial charge in [0.25, 0.3) is 0 Å². The van der Waals surface area contributed by atoms with Gasteiger partial charge in [-0.1, -0.05) is 0 Å². The highest BCUT2D eigenvalue weighted by molar-refractivity contribution is 5.48. The maximum absolute atomic E-state index is 4.28. The van der Waals surface area contributed by atoms with Crippen LogP contribution in [0.3, 0.4) is 0 Å². The highest BCUT2D eigenvalue weighted by atomic mass is 15.4. The Labute approximate surface area is 98.9 Å². The van der Waals surface area contributed by atoms with Crippen molar-refractivity contribution in [3.8, 4) is 11.6 Å². The average Bonchev–Trinajstić information content (AvgIpc) is 3.09. The molecule has 17 heavy (non-hydrogen) atoms. The zero-order chi connectivity index (χ0) is 11.7. The lowest BCUT2D eigenvalue weighted by Gasteiger charge is -2.16. The Morgan fingerprint density at radius 3 is 2.76 bits per heavy atom. The summed E-state index contributed by atoms with van der Waals surface area (Å²) in [5.74, 6) is 2.37. The van der Waals surface area contributed by atoms with E-state index in [0.717, 1.165) is 31.4 Å². The molecule has 0 amide bonds. The van der Waals surface area contributed by atoms with E-state index in [1.807, 2.05) is 0 Å². The number of aromatic nitrogens is 6. The van der Waals surface area contributed by atoms with Crippen molar-refractivity contribution < 1.29 is 0 Å². The van der Waals surface area contributed by atoms with E-state index in [0.29, 0.717) is 5.82 Å². The normalized spacial score (nSPS) is 15.7. The third-order valence-corrected chi connectivity index (χ3v) is 3.06. The molecule has 0 atom stereocenters. The predicted octanol–water partition coefficient (Wildman–Crippen LogP) is 0.683. The molecule has 2 aromatic rings. The molecule has 2 aromatic heterocycles. The Morgan fingerprint density at radius 2 is 2.12 bits per heavy atom. The van der Waals surface area contributed by atoms with Crippen LogP contribution in [0.15, 0.2) is 6.33 Å². The van der Waals surface area contributed by atoms with Gasteiger partial charge >= 0.3 is 0 Å². The molecule has 1 saturated heterocycles. The van der Waals surface area contributed by atoms with Crippen molar-refractivity contribution >= 4 is 5.95 Å². The fourth-order valence-corrected chi connectivity index (χ4v) is 2.23. The molecule has 7 nitrogen and oxygen atoms in total. The van der Waals surface area contributed by atoms with Crippen LogP contribution in [0.2, 0.25) is 0 Å². The van der Waals surface area contributed by atoms with Crippen LogP contribution >= 0.6 is 0 Å². The molecule has 90 valence electrons. The zero-order valence-electron chi connectivity index (χ0n) is 9.80. The van der Waals surface area contributed by atoms with Gasteiger partial charge < -0.3 is 4.90 Å². The van der Waals surface area contributed by atoms with Gasteiger partial charge in [-0.3, -0.25) is 9.67 Å². The second-order valence-corrected chi connectivity index (χ2v) is 4.10. The Balaban J connectivity index is 2.00. The SMILES string of the molecule is CCn1c(-c2ncn[nH]2)nnc1N1CCCC1. The van der Waals surface area contributed by atoms with E-state index in [1.54, 1.807) is 0 Å². The summed E-state index contributed by atoms with van der Waals surface area (Å²) < 4.78 is 2.08. The standard InChI is InChI=1S/C10H15N7/c1-2-17-9(8-11-7-12-13-8)14-15-10(17)16-5-3-4-6-16/h7H,2-6H2,1H3,(H,11,12,13). The number of anilines is 1. The fourth-order valence-electron chi connectivity index (χ4n) is 2.23. The molecule has 0 aliphatic carbocycles. The van der Waals surface area contributed by atoms with E-state index in [1.165, 1.54) is 19.2 Å². The molecule has 1 N–H and O–H groups in total. The molecule has 0 saturated carbocycles. The molecule has 1 fully saturated rings. The zero-order valence-corrected chi connectivity index (χ0v) is 9.80. The molecule has 1 aliphatic rings. The summed E-state index contributed by atoms with van der Waals surface area (Å²) in [4.78, 5) is 6.40. The van der Waals surface area contributed by atoms with Crippen LogP contribution in [0.1, 0.15) is 19.8 Å². The topological polar surface area (TPSA) is 75.5 Å². The molecule has 0 spiro atoms. The van der Waals surface area contributed by atoms with Crippen molar-refractivity contribution in [3.05, 3.63) is 6.33 Å². The first-order valence-corrected chi connectivity index (χ1v) is 5.94. The number of nitrogens with one attached hydrogen (secondary N) is 1. The number of nitrogens with zero attached hydrogens (tertiary/aromatic N) is 6. The second-order valence-electron chi connectivity index (χ2n) is 4.10. The van der Waals surface area contributed by atoms with Crippen LogP contribution in [0.4, 0.5) is 5.95 Å². The van der Waals surface area contributed by atoms with Gasteiger partial charge in [0.2, 0.25) is 11.8 Å². The first-order chi connectivity index (χ1) is 8.40. The summed E-state index contributed by atoms with van der Waals surface area (Å²) in [7, 11) is 0. The van der Waals surface area contributed by atoms with Gasteiger partial charge in [-0.15, -0.1) is 10.2 Å². The van der Waals surface area contributed by atoms with Gasteiger partial charge in [-0.05, 0) is 19.8 Å². The van der Waals surface area contributed by atoms with Gasteiger partial charge in [-0.2, -0.15) is 5.10 Å². The lowest BCUT2D eigenvalue weighted by atomic mass is 10.4. The van der Waals surface area contributed by atoms with Crippen molar-refractivity contribution in [3.63, 3.8) is 0 Å². The van der Waals surface area contributed by atoms with Crippen molar-refractivity contribution in [1.29, 1.82) is 0 Å². The summed E-state index contributed by atoms with van der Waals surface area (Å²) in [5.41, 5.74) is 0. The van der Waals surface area contributed by atoms with E-state index in [4.69, 9.17) is 0 Å². The maximum Gasteiger partial charge on any atom is 0.227 e. The highest BCUT2D eigenvalue weighted by Gasteiger charge is 2.21. The molecule has 0 unspecified atom stereocenters. The Hall–Kier alpha value is -1.92. The molecule has 0 bridgehead atoms. The Bertz CT molecular complexity index is 481. The minimum atomic E-state index is 0.671. The van der Waals surface area contributed by atoms with Gasteiger partial charge in [-0.25, -0.2) is 4.98 Å². The first kappa shape index (κ1) is 10.2. The van der Waals surface area contributed by atoms with Gasteiger partial charge in [0.15, 0.2) is 5.82 Å². The molecule has 0 radical (unpaired) electrons. The van der Waals surface area contributed by atoms with Gasteiger partial charge in [0.05, 0.1) is 0 Å². The first-order valence-electron chi connectivity index (χ1n) is 5.94. The van der Waals surface area contributed by atoms with Crippen LogP contribution in [0.5, 0.6) is 0 Å². The largest absolute Gasteiger partial charge is 0.341 e. The summed E-state index contributed by atoms with van der Waals surface area (Å²) >= 11 is 0.